The lowest BCUT2D eigenvalue weighted by molar-refractivity contribution is -0.139. The van der Waals surface area contributed by atoms with Crippen molar-refractivity contribution in [1.82, 2.24) is 5.32 Å². The van der Waals surface area contributed by atoms with Gasteiger partial charge < -0.3 is 10.4 Å². The van der Waals surface area contributed by atoms with E-state index < -0.39 is 12.0 Å². The molecular weight excluding hydrogens is 142 g/mol. The van der Waals surface area contributed by atoms with Gasteiger partial charge in [0, 0.05) is 0 Å². The van der Waals surface area contributed by atoms with E-state index in [2.05, 4.69) is 11.9 Å². The van der Waals surface area contributed by atoms with E-state index in [9.17, 15) is 4.79 Å². The molecule has 0 saturated heterocycles. The number of hydrogen-bond donors (Lipinski definition) is 2. The predicted octanol–water partition coefficient (Wildman–Crippen LogP) is 1.36. The van der Waals surface area contributed by atoms with E-state index in [1.54, 1.807) is 0 Å². The fourth-order valence-corrected chi connectivity index (χ4v) is 0.829. The van der Waals surface area contributed by atoms with Gasteiger partial charge in [-0.05, 0) is 12.6 Å². The molecule has 2 N–H and O–H groups in total. The zero-order chi connectivity index (χ0) is 8.69. The third-order valence-electron chi connectivity index (χ3n) is 1.46. The Morgan fingerprint density at radius 1 is 1.82 bits per heavy atom. The molecule has 0 aliphatic carbocycles. The molecule has 0 heterocycles. The highest BCUT2D eigenvalue weighted by molar-refractivity contribution is 5.73. The minimum absolute atomic E-state index is 0.465. The van der Waals surface area contributed by atoms with Crippen molar-refractivity contribution >= 4 is 5.97 Å². The van der Waals surface area contributed by atoms with Gasteiger partial charge in [0.05, 0.1) is 0 Å². The van der Waals surface area contributed by atoms with Crippen molar-refractivity contribution in [2.24, 2.45) is 0 Å². The molecule has 0 aromatic heterocycles. The molecule has 0 radical (unpaired) electrons. The fourth-order valence-electron chi connectivity index (χ4n) is 0.829. The van der Waals surface area contributed by atoms with Crippen LogP contribution in [0.5, 0.6) is 0 Å². The predicted molar refractivity (Wildman–Crippen MR) is 44.3 cm³/mol. The average Bonchev–Trinajstić information content (AvgIpc) is 1.97. The summed E-state index contributed by atoms with van der Waals surface area (Å²) < 4.78 is 0. The second kappa shape index (κ2) is 5.77. The van der Waals surface area contributed by atoms with E-state index in [0.717, 1.165) is 12.8 Å². The van der Waals surface area contributed by atoms with Crippen molar-refractivity contribution in [3.05, 3.63) is 12.8 Å². The monoisotopic (exact) mass is 157 g/mol. The van der Waals surface area contributed by atoms with Crippen LogP contribution >= 0.6 is 0 Å². The van der Waals surface area contributed by atoms with Crippen LogP contribution < -0.4 is 5.32 Å². The Hall–Kier alpha value is -0.990. The van der Waals surface area contributed by atoms with Gasteiger partial charge in [-0.1, -0.05) is 26.3 Å². The van der Waals surface area contributed by atoms with Crippen molar-refractivity contribution in [2.45, 2.75) is 32.2 Å². The number of aliphatic carboxylic acids is 1. The van der Waals surface area contributed by atoms with Crippen LogP contribution in [0.4, 0.5) is 0 Å². The van der Waals surface area contributed by atoms with Gasteiger partial charge in [0.2, 0.25) is 0 Å². The molecule has 0 saturated carbocycles. The molecule has 64 valence electrons. The summed E-state index contributed by atoms with van der Waals surface area (Å²) in [5.74, 6) is -0.807. The van der Waals surface area contributed by atoms with Crippen molar-refractivity contribution in [1.29, 1.82) is 0 Å². The smallest absolute Gasteiger partial charge is 0.326 e. The van der Waals surface area contributed by atoms with Crippen LogP contribution in [0.2, 0.25) is 0 Å². The molecular formula is C8H15NO2. The zero-order valence-electron chi connectivity index (χ0n) is 6.84. The highest BCUT2D eigenvalue weighted by atomic mass is 16.4. The summed E-state index contributed by atoms with van der Waals surface area (Å²) in [4.78, 5) is 10.5. The molecule has 0 aliphatic rings. The SMILES string of the molecule is C=CN[C@@H](CCCC)C(=O)O. The molecule has 0 spiro atoms. The van der Waals surface area contributed by atoms with Gasteiger partial charge >= 0.3 is 5.97 Å². The van der Waals surface area contributed by atoms with E-state index in [1.165, 1.54) is 6.20 Å². The standard InChI is InChI=1S/C8H15NO2/c1-3-5-6-7(8(10)11)9-4-2/h4,7,9H,2-3,5-6H2,1H3,(H,10,11)/t7-/m0/s1. The highest BCUT2D eigenvalue weighted by Crippen LogP contribution is 2.00. The van der Waals surface area contributed by atoms with Gasteiger partial charge in [0.15, 0.2) is 0 Å². The van der Waals surface area contributed by atoms with E-state index in [-0.39, 0.29) is 0 Å². The molecule has 1 atom stereocenters. The quantitative estimate of drug-likeness (QED) is 0.612. The van der Waals surface area contributed by atoms with Gasteiger partial charge in [-0.25, -0.2) is 4.79 Å². The summed E-state index contributed by atoms with van der Waals surface area (Å²) in [6.07, 6.45) is 4.03. The molecule has 0 aliphatic heterocycles. The summed E-state index contributed by atoms with van der Waals surface area (Å²) in [6.45, 7) is 5.45. The summed E-state index contributed by atoms with van der Waals surface area (Å²) in [6, 6.07) is -0.465. The van der Waals surface area contributed by atoms with E-state index in [4.69, 9.17) is 5.11 Å². The largest absolute Gasteiger partial charge is 0.480 e. The van der Waals surface area contributed by atoms with Crippen LogP contribution in [0.25, 0.3) is 0 Å². The third-order valence-corrected chi connectivity index (χ3v) is 1.46. The number of carboxylic acid groups (broad SMARTS) is 1. The highest BCUT2D eigenvalue weighted by Gasteiger charge is 2.13. The number of carbonyl (C=O) groups is 1. The molecule has 3 nitrogen and oxygen atoms in total. The Labute approximate surface area is 67.1 Å². The minimum atomic E-state index is -0.807. The summed E-state index contributed by atoms with van der Waals surface area (Å²) in [5.41, 5.74) is 0. The number of unbranched alkanes of at least 4 members (excludes halogenated alkanes) is 1. The first-order valence-corrected chi connectivity index (χ1v) is 3.82. The topological polar surface area (TPSA) is 49.3 Å². The summed E-state index contributed by atoms with van der Waals surface area (Å²) in [7, 11) is 0. The molecule has 0 amide bonds. The first-order valence-electron chi connectivity index (χ1n) is 3.82. The maximum Gasteiger partial charge on any atom is 0.326 e. The van der Waals surface area contributed by atoms with Crippen LogP contribution in [0, 0.1) is 0 Å². The molecule has 0 fully saturated rings. The molecule has 0 rings (SSSR count). The van der Waals surface area contributed by atoms with Gasteiger partial charge in [0.1, 0.15) is 6.04 Å². The maximum absolute atomic E-state index is 10.5. The molecule has 3 heteroatoms. The molecule has 11 heavy (non-hydrogen) atoms. The van der Waals surface area contributed by atoms with Gasteiger partial charge in [-0.2, -0.15) is 0 Å². The average molecular weight is 157 g/mol. The zero-order valence-corrected chi connectivity index (χ0v) is 6.84. The van der Waals surface area contributed by atoms with Crippen LogP contribution in [0.15, 0.2) is 12.8 Å². The lowest BCUT2D eigenvalue weighted by Gasteiger charge is -2.10. The summed E-state index contributed by atoms with van der Waals surface area (Å²) >= 11 is 0. The van der Waals surface area contributed by atoms with Crippen LogP contribution in [0.3, 0.4) is 0 Å². The number of rotatable bonds is 6. The van der Waals surface area contributed by atoms with Crippen molar-refractivity contribution < 1.29 is 9.90 Å². The van der Waals surface area contributed by atoms with E-state index in [1.807, 2.05) is 6.92 Å². The Balaban J connectivity index is 3.69. The van der Waals surface area contributed by atoms with E-state index in [0.29, 0.717) is 6.42 Å². The Morgan fingerprint density at radius 3 is 2.82 bits per heavy atom. The molecule has 0 aromatic carbocycles. The summed E-state index contributed by atoms with van der Waals surface area (Å²) in [5, 5.41) is 11.3. The lowest BCUT2D eigenvalue weighted by atomic mass is 10.1. The Bertz CT molecular complexity index is 134. The van der Waals surface area contributed by atoms with Crippen LogP contribution in [-0.4, -0.2) is 17.1 Å². The molecule has 0 bridgehead atoms. The lowest BCUT2D eigenvalue weighted by Crippen LogP contribution is -2.32. The number of hydrogen-bond acceptors (Lipinski definition) is 2. The fraction of sp³-hybridized carbons (Fsp3) is 0.625. The second-order valence-electron chi connectivity index (χ2n) is 2.40. The normalized spacial score (nSPS) is 12.1. The first kappa shape index (κ1) is 10.0. The van der Waals surface area contributed by atoms with Crippen molar-refractivity contribution in [3.8, 4) is 0 Å². The van der Waals surface area contributed by atoms with Crippen molar-refractivity contribution in [3.63, 3.8) is 0 Å². The van der Waals surface area contributed by atoms with Crippen LogP contribution in [-0.2, 0) is 4.79 Å². The Morgan fingerprint density at radius 2 is 2.45 bits per heavy atom. The van der Waals surface area contributed by atoms with E-state index >= 15 is 0 Å². The second-order valence-corrected chi connectivity index (χ2v) is 2.40. The van der Waals surface area contributed by atoms with Gasteiger partial charge in [0.25, 0.3) is 0 Å². The number of nitrogens with one attached hydrogen (secondary N) is 1. The first-order chi connectivity index (χ1) is 5.22. The van der Waals surface area contributed by atoms with Crippen molar-refractivity contribution in [2.75, 3.05) is 0 Å². The molecule has 0 aromatic rings. The third kappa shape index (κ3) is 4.42. The number of carboxylic acids is 1. The minimum Gasteiger partial charge on any atom is -0.480 e. The van der Waals surface area contributed by atoms with Gasteiger partial charge in [-0.15, -0.1) is 0 Å². The molecule has 0 unspecified atom stereocenters. The Kier molecular flexibility index (Phi) is 5.25. The maximum atomic E-state index is 10.5. The van der Waals surface area contributed by atoms with Gasteiger partial charge in [-0.3, -0.25) is 0 Å². The van der Waals surface area contributed by atoms with Crippen LogP contribution in [0.1, 0.15) is 26.2 Å².